The summed E-state index contributed by atoms with van der Waals surface area (Å²) in [6.07, 6.45) is 4.22. The van der Waals surface area contributed by atoms with Crippen molar-refractivity contribution in [2.24, 2.45) is 5.92 Å². The maximum atomic E-state index is 13.9. The summed E-state index contributed by atoms with van der Waals surface area (Å²) >= 11 is 0. The monoisotopic (exact) mass is 420 g/mol. The third kappa shape index (κ3) is 5.46. The molecule has 1 aliphatic heterocycles. The molecule has 0 bridgehead atoms. The molecule has 6 heteroatoms. The molecular formula is C24H34F2N2O2. The van der Waals surface area contributed by atoms with E-state index >= 15 is 0 Å². The maximum Gasteiger partial charge on any atom is 0.257 e. The maximum absolute atomic E-state index is 13.9. The molecule has 1 aliphatic carbocycles. The average molecular weight is 421 g/mol. The number of allylic oxidation sites excluding steroid dienone is 1. The van der Waals surface area contributed by atoms with Crippen molar-refractivity contribution in [1.82, 2.24) is 10.2 Å². The Kier molecular flexibility index (Phi) is 7.30. The minimum atomic E-state index is -2.83. The standard InChI is InChI=1S/C24H34F2N2O2/c1-18(2)7-6-14-28-15-11-21(12-16-28)27-22(29)24(30,19-8-4-3-5-9-19)20-10-13-23(25,26)17-20/h3-5,7-9,20-21,30H,6,10-17H2,1-2H3,(H,27,29)/t20-,24+/m1/s1. The quantitative estimate of drug-likeness (QED) is 0.649. The van der Waals surface area contributed by atoms with Crippen LogP contribution in [-0.2, 0) is 10.4 Å². The molecule has 1 aromatic rings. The average Bonchev–Trinajstić information content (AvgIpc) is 3.09. The highest BCUT2D eigenvalue weighted by atomic mass is 19.3. The summed E-state index contributed by atoms with van der Waals surface area (Å²) in [4.78, 5) is 15.6. The fourth-order valence-corrected chi connectivity index (χ4v) is 4.68. The molecule has 0 spiro atoms. The lowest BCUT2D eigenvalue weighted by molar-refractivity contribution is -0.149. The molecule has 1 amide bonds. The van der Waals surface area contributed by atoms with Gasteiger partial charge in [-0.15, -0.1) is 0 Å². The van der Waals surface area contributed by atoms with Crippen LogP contribution in [0.2, 0.25) is 0 Å². The van der Waals surface area contributed by atoms with Gasteiger partial charge in [-0.05, 0) is 45.1 Å². The van der Waals surface area contributed by atoms with Gasteiger partial charge in [0.25, 0.3) is 5.91 Å². The zero-order valence-corrected chi connectivity index (χ0v) is 18.0. The highest BCUT2D eigenvalue weighted by molar-refractivity contribution is 5.87. The zero-order valence-electron chi connectivity index (χ0n) is 18.0. The summed E-state index contributed by atoms with van der Waals surface area (Å²) in [5.41, 5.74) is -0.221. The first-order valence-electron chi connectivity index (χ1n) is 11.0. The topological polar surface area (TPSA) is 52.6 Å². The molecule has 1 heterocycles. The Balaban J connectivity index is 1.64. The molecule has 2 aliphatic rings. The number of carbonyl (C=O) groups excluding carboxylic acids is 1. The van der Waals surface area contributed by atoms with E-state index in [1.807, 2.05) is 0 Å². The summed E-state index contributed by atoms with van der Waals surface area (Å²) in [5, 5.41) is 14.5. The fraction of sp³-hybridized carbons (Fsp3) is 0.625. The number of benzene rings is 1. The van der Waals surface area contributed by atoms with Crippen molar-refractivity contribution in [3.8, 4) is 0 Å². The Morgan fingerprint density at radius 2 is 1.90 bits per heavy atom. The molecule has 166 valence electrons. The van der Waals surface area contributed by atoms with Gasteiger partial charge in [0.05, 0.1) is 0 Å². The number of nitrogens with one attached hydrogen (secondary N) is 1. The van der Waals surface area contributed by atoms with Crippen molar-refractivity contribution >= 4 is 5.91 Å². The molecule has 4 nitrogen and oxygen atoms in total. The van der Waals surface area contributed by atoms with E-state index in [0.717, 1.165) is 38.9 Å². The van der Waals surface area contributed by atoms with E-state index in [4.69, 9.17) is 0 Å². The lowest BCUT2D eigenvalue weighted by Gasteiger charge is -2.37. The molecule has 2 fully saturated rings. The van der Waals surface area contributed by atoms with Gasteiger partial charge in [-0.1, -0.05) is 42.0 Å². The van der Waals surface area contributed by atoms with Crippen molar-refractivity contribution in [2.75, 3.05) is 19.6 Å². The molecule has 0 radical (unpaired) electrons. The summed E-state index contributed by atoms with van der Waals surface area (Å²) in [7, 11) is 0. The van der Waals surface area contributed by atoms with Crippen molar-refractivity contribution < 1.29 is 18.7 Å². The third-order valence-electron chi connectivity index (χ3n) is 6.48. The molecule has 1 saturated carbocycles. The Bertz CT molecular complexity index is 741. The van der Waals surface area contributed by atoms with E-state index in [9.17, 15) is 18.7 Å². The lowest BCUT2D eigenvalue weighted by atomic mass is 9.79. The number of carbonyl (C=O) groups is 1. The molecular weight excluding hydrogens is 386 g/mol. The van der Waals surface area contributed by atoms with Crippen molar-refractivity contribution in [3.63, 3.8) is 0 Å². The van der Waals surface area contributed by atoms with E-state index in [1.165, 1.54) is 5.57 Å². The molecule has 1 saturated heterocycles. The van der Waals surface area contributed by atoms with Crippen LogP contribution >= 0.6 is 0 Å². The van der Waals surface area contributed by atoms with E-state index in [2.05, 4.69) is 30.1 Å². The fourth-order valence-electron chi connectivity index (χ4n) is 4.68. The van der Waals surface area contributed by atoms with Crippen LogP contribution < -0.4 is 5.32 Å². The Hall–Kier alpha value is -1.79. The van der Waals surface area contributed by atoms with Gasteiger partial charge in [0, 0.05) is 44.4 Å². The number of aliphatic hydroxyl groups is 1. The van der Waals surface area contributed by atoms with Crippen LogP contribution in [0.25, 0.3) is 0 Å². The van der Waals surface area contributed by atoms with Crippen LogP contribution in [0.5, 0.6) is 0 Å². The first kappa shape index (κ1) is 22.9. The van der Waals surface area contributed by atoms with E-state index in [1.54, 1.807) is 30.3 Å². The third-order valence-corrected chi connectivity index (χ3v) is 6.48. The van der Waals surface area contributed by atoms with Gasteiger partial charge in [-0.3, -0.25) is 4.79 Å². The van der Waals surface area contributed by atoms with Gasteiger partial charge in [-0.25, -0.2) is 8.78 Å². The second kappa shape index (κ2) is 9.56. The van der Waals surface area contributed by atoms with Crippen LogP contribution in [-0.4, -0.2) is 47.5 Å². The molecule has 30 heavy (non-hydrogen) atoms. The SMILES string of the molecule is CC(C)=CCCN1CCC(NC(=O)[C@](O)(c2ccccc2)[C@@H]2CCC(F)(F)C2)CC1. The largest absolute Gasteiger partial charge is 0.375 e. The first-order valence-corrected chi connectivity index (χ1v) is 11.0. The summed E-state index contributed by atoms with van der Waals surface area (Å²) in [5.74, 6) is -4.16. The number of likely N-dealkylation sites (tertiary alicyclic amines) is 1. The normalized spacial score (nSPS) is 24.2. The van der Waals surface area contributed by atoms with Crippen LogP contribution in [0.4, 0.5) is 8.78 Å². The summed E-state index contributed by atoms with van der Waals surface area (Å²) in [6, 6.07) is 8.51. The van der Waals surface area contributed by atoms with Gasteiger partial charge in [0.15, 0.2) is 5.60 Å². The summed E-state index contributed by atoms with van der Waals surface area (Å²) in [6.45, 7) is 6.95. The van der Waals surface area contributed by atoms with Crippen molar-refractivity contribution in [1.29, 1.82) is 0 Å². The first-order chi connectivity index (χ1) is 14.2. The van der Waals surface area contributed by atoms with Gasteiger partial charge >= 0.3 is 0 Å². The molecule has 2 N–H and O–H groups in total. The Labute approximate surface area is 178 Å². The van der Waals surface area contributed by atoms with Gasteiger partial charge < -0.3 is 15.3 Å². The van der Waals surface area contributed by atoms with E-state index in [0.29, 0.717) is 5.56 Å². The Morgan fingerprint density at radius 1 is 1.23 bits per heavy atom. The number of piperidine rings is 1. The van der Waals surface area contributed by atoms with Crippen molar-refractivity contribution in [2.45, 2.75) is 69.9 Å². The Morgan fingerprint density at radius 3 is 2.47 bits per heavy atom. The predicted octanol–water partition coefficient (Wildman–Crippen LogP) is 4.25. The number of nitrogens with zero attached hydrogens (tertiary/aromatic N) is 1. The molecule has 3 rings (SSSR count). The van der Waals surface area contributed by atoms with Crippen LogP contribution in [0.15, 0.2) is 42.0 Å². The second-order valence-corrected chi connectivity index (χ2v) is 9.09. The highest BCUT2D eigenvalue weighted by Crippen LogP contribution is 2.47. The highest BCUT2D eigenvalue weighted by Gasteiger charge is 2.53. The molecule has 0 aromatic heterocycles. The van der Waals surface area contributed by atoms with Gasteiger partial charge in [0.2, 0.25) is 5.92 Å². The number of hydrogen-bond donors (Lipinski definition) is 2. The van der Waals surface area contributed by atoms with E-state index < -0.39 is 29.8 Å². The summed E-state index contributed by atoms with van der Waals surface area (Å²) < 4.78 is 27.8. The smallest absolute Gasteiger partial charge is 0.257 e. The molecule has 2 atom stereocenters. The molecule has 0 unspecified atom stereocenters. The minimum absolute atomic E-state index is 0.0469. The number of alkyl halides is 2. The zero-order chi connectivity index (χ0) is 21.8. The molecule has 1 aromatic carbocycles. The number of hydrogen-bond acceptors (Lipinski definition) is 3. The van der Waals surface area contributed by atoms with Gasteiger partial charge in [0.1, 0.15) is 0 Å². The number of rotatable bonds is 7. The van der Waals surface area contributed by atoms with E-state index in [-0.39, 0.29) is 18.9 Å². The second-order valence-electron chi connectivity index (χ2n) is 9.09. The lowest BCUT2D eigenvalue weighted by Crippen LogP contribution is -2.54. The van der Waals surface area contributed by atoms with Crippen molar-refractivity contribution in [3.05, 3.63) is 47.5 Å². The minimum Gasteiger partial charge on any atom is -0.375 e. The van der Waals surface area contributed by atoms with Gasteiger partial charge in [-0.2, -0.15) is 0 Å². The predicted molar refractivity (Wildman–Crippen MR) is 114 cm³/mol. The van der Waals surface area contributed by atoms with Crippen LogP contribution in [0.3, 0.4) is 0 Å². The van der Waals surface area contributed by atoms with Crippen LogP contribution in [0.1, 0.15) is 57.9 Å². The van der Waals surface area contributed by atoms with Crippen LogP contribution in [0, 0.1) is 5.92 Å². The number of halogens is 2. The number of amides is 1.